The molecule has 0 atom stereocenters. The highest BCUT2D eigenvalue weighted by molar-refractivity contribution is 6.32. The molecular formula is C14H17ClN2. The lowest BCUT2D eigenvalue weighted by molar-refractivity contribution is 0.518. The minimum Gasteiger partial charge on any atom is -0.385 e. The van der Waals surface area contributed by atoms with Gasteiger partial charge in [0.2, 0.25) is 0 Å². The Kier molecular flexibility index (Phi) is 4.28. The van der Waals surface area contributed by atoms with E-state index in [4.69, 9.17) is 16.9 Å². The molecule has 1 aliphatic rings. The smallest absolute Gasteiger partial charge is 0.101 e. The van der Waals surface area contributed by atoms with E-state index < -0.39 is 0 Å². The molecule has 1 saturated carbocycles. The van der Waals surface area contributed by atoms with Crippen LogP contribution >= 0.6 is 11.6 Å². The second kappa shape index (κ2) is 5.93. The number of rotatable bonds is 4. The molecular weight excluding hydrogens is 232 g/mol. The molecule has 1 fully saturated rings. The number of anilines is 1. The van der Waals surface area contributed by atoms with E-state index in [9.17, 15) is 0 Å². The van der Waals surface area contributed by atoms with Crippen molar-refractivity contribution in [3.8, 4) is 6.07 Å². The molecule has 3 heteroatoms. The van der Waals surface area contributed by atoms with Gasteiger partial charge in [0.1, 0.15) is 6.07 Å². The molecule has 1 aliphatic carbocycles. The average molecular weight is 249 g/mol. The molecule has 0 aliphatic heterocycles. The van der Waals surface area contributed by atoms with Crippen LogP contribution in [0.3, 0.4) is 0 Å². The highest BCUT2D eigenvalue weighted by Gasteiger charge is 2.14. The molecule has 1 aromatic carbocycles. The van der Waals surface area contributed by atoms with Crippen LogP contribution < -0.4 is 5.32 Å². The number of hydrogen-bond acceptors (Lipinski definition) is 2. The van der Waals surface area contributed by atoms with Gasteiger partial charge in [0, 0.05) is 12.2 Å². The van der Waals surface area contributed by atoms with Crippen LogP contribution in [-0.4, -0.2) is 6.54 Å². The van der Waals surface area contributed by atoms with Crippen molar-refractivity contribution in [1.29, 1.82) is 5.26 Å². The van der Waals surface area contributed by atoms with E-state index in [0.717, 1.165) is 18.2 Å². The number of halogens is 1. The Morgan fingerprint density at radius 3 is 2.76 bits per heavy atom. The molecule has 1 aromatic rings. The van der Waals surface area contributed by atoms with Crippen LogP contribution in [0.2, 0.25) is 5.02 Å². The first-order valence-corrected chi connectivity index (χ1v) is 6.61. The summed E-state index contributed by atoms with van der Waals surface area (Å²) >= 11 is 5.97. The third-order valence-corrected chi connectivity index (χ3v) is 3.76. The zero-order valence-electron chi connectivity index (χ0n) is 9.88. The van der Waals surface area contributed by atoms with Crippen LogP contribution in [0.1, 0.15) is 37.7 Å². The van der Waals surface area contributed by atoms with Crippen LogP contribution in [0, 0.1) is 17.2 Å². The summed E-state index contributed by atoms with van der Waals surface area (Å²) in [7, 11) is 0. The molecule has 2 rings (SSSR count). The maximum Gasteiger partial charge on any atom is 0.101 e. The standard InChI is InChI=1S/C14H17ClN2/c15-14-9-13(6-5-12(14)10-16)17-8-7-11-3-1-2-4-11/h5-6,9,11,17H,1-4,7-8H2. The summed E-state index contributed by atoms with van der Waals surface area (Å²) in [6.45, 7) is 0.993. The van der Waals surface area contributed by atoms with Gasteiger partial charge in [-0.2, -0.15) is 5.26 Å². The van der Waals surface area contributed by atoms with Crippen molar-refractivity contribution >= 4 is 17.3 Å². The van der Waals surface area contributed by atoms with Crippen molar-refractivity contribution in [2.75, 3.05) is 11.9 Å². The summed E-state index contributed by atoms with van der Waals surface area (Å²) in [6, 6.07) is 7.57. The Morgan fingerprint density at radius 1 is 1.35 bits per heavy atom. The highest BCUT2D eigenvalue weighted by Crippen LogP contribution is 2.27. The van der Waals surface area contributed by atoms with Crippen molar-refractivity contribution < 1.29 is 0 Å². The number of hydrogen-bond donors (Lipinski definition) is 1. The van der Waals surface area contributed by atoms with Crippen molar-refractivity contribution in [2.45, 2.75) is 32.1 Å². The molecule has 0 spiro atoms. The first-order chi connectivity index (χ1) is 8.29. The molecule has 0 heterocycles. The minimum absolute atomic E-state index is 0.526. The Bertz CT molecular complexity index is 417. The maximum absolute atomic E-state index is 8.77. The van der Waals surface area contributed by atoms with Crippen LogP contribution in [0.15, 0.2) is 18.2 Å². The maximum atomic E-state index is 8.77. The Balaban J connectivity index is 1.82. The Hall–Kier alpha value is -1.20. The van der Waals surface area contributed by atoms with Gasteiger partial charge in [-0.05, 0) is 30.5 Å². The summed E-state index contributed by atoms with van der Waals surface area (Å²) in [6.07, 6.45) is 6.80. The van der Waals surface area contributed by atoms with Crippen molar-refractivity contribution in [3.05, 3.63) is 28.8 Å². The highest BCUT2D eigenvalue weighted by atomic mass is 35.5. The lowest BCUT2D eigenvalue weighted by atomic mass is 10.0. The summed E-state index contributed by atoms with van der Waals surface area (Å²) in [5.41, 5.74) is 1.54. The molecule has 0 bridgehead atoms. The van der Waals surface area contributed by atoms with E-state index in [1.807, 2.05) is 12.1 Å². The first kappa shape index (κ1) is 12.3. The quantitative estimate of drug-likeness (QED) is 0.867. The van der Waals surface area contributed by atoms with Crippen LogP contribution in [0.5, 0.6) is 0 Å². The Labute approximate surface area is 108 Å². The fourth-order valence-electron chi connectivity index (χ4n) is 2.44. The van der Waals surface area contributed by atoms with Gasteiger partial charge in [-0.15, -0.1) is 0 Å². The number of nitrogens with one attached hydrogen (secondary N) is 1. The van der Waals surface area contributed by atoms with Crippen LogP contribution in [0.4, 0.5) is 5.69 Å². The van der Waals surface area contributed by atoms with Gasteiger partial charge in [0.25, 0.3) is 0 Å². The van der Waals surface area contributed by atoms with Gasteiger partial charge < -0.3 is 5.32 Å². The number of nitriles is 1. The number of nitrogens with zero attached hydrogens (tertiary/aromatic N) is 1. The molecule has 0 unspecified atom stereocenters. The summed E-state index contributed by atoms with van der Waals surface area (Å²) in [4.78, 5) is 0. The van der Waals surface area contributed by atoms with E-state index in [1.54, 1.807) is 6.07 Å². The summed E-state index contributed by atoms with van der Waals surface area (Å²) in [5.74, 6) is 0.899. The Morgan fingerprint density at radius 2 is 2.12 bits per heavy atom. The predicted octanol–water partition coefficient (Wildman–Crippen LogP) is 4.20. The zero-order valence-corrected chi connectivity index (χ0v) is 10.6. The lowest BCUT2D eigenvalue weighted by Crippen LogP contribution is -2.06. The zero-order chi connectivity index (χ0) is 12.1. The third kappa shape index (κ3) is 3.38. The summed E-state index contributed by atoms with van der Waals surface area (Å²) in [5, 5.41) is 12.7. The van der Waals surface area contributed by atoms with E-state index in [1.165, 1.54) is 32.1 Å². The van der Waals surface area contributed by atoms with Crippen molar-refractivity contribution in [3.63, 3.8) is 0 Å². The molecule has 90 valence electrons. The monoisotopic (exact) mass is 248 g/mol. The SMILES string of the molecule is N#Cc1ccc(NCCC2CCCC2)cc1Cl. The second-order valence-corrected chi connectivity index (χ2v) is 5.08. The minimum atomic E-state index is 0.526. The molecule has 0 aromatic heterocycles. The molecule has 17 heavy (non-hydrogen) atoms. The molecule has 2 nitrogen and oxygen atoms in total. The van der Waals surface area contributed by atoms with Gasteiger partial charge in [-0.1, -0.05) is 37.3 Å². The fraction of sp³-hybridized carbons (Fsp3) is 0.500. The van der Waals surface area contributed by atoms with E-state index in [0.29, 0.717) is 10.6 Å². The van der Waals surface area contributed by atoms with Gasteiger partial charge in [-0.25, -0.2) is 0 Å². The third-order valence-electron chi connectivity index (χ3n) is 3.45. The van der Waals surface area contributed by atoms with Gasteiger partial charge in [-0.3, -0.25) is 0 Å². The second-order valence-electron chi connectivity index (χ2n) is 4.67. The van der Waals surface area contributed by atoms with Gasteiger partial charge in [0.15, 0.2) is 0 Å². The fourth-order valence-corrected chi connectivity index (χ4v) is 2.66. The van der Waals surface area contributed by atoms with Crippen molar-refractivity contribution in [1.82, 2.24) is 0 Å². The molecule has 1 N–H and O–H groups in total. The molecule has 0 radical (unpaired) electrons. The topological polar surface area (TPSA) is 35.8 Å². The van der Waals surface area contributed by atoms with Gasteiger partial charge in [0.05, 0.1) is 10.6 Å². The molecule has 0 saturated heterocycles. The van der Waals surface area contributed by atoms with Gasteiger partial charge >= 0.3 is 0 Å². The first-order valence-electron chi connectivity index (χ1n) is 6.23. The largest absolute Gasteiger partial charge is 0.385 e. The van der Waals surface area contributed by atoms with Crippen molar-refractivity contribution in [2.24, 2.45) is 5.92 Å². The van der Waals surface area contributed by atoms with E-state index >= 15 is 0 Å². The predicted molar refractivity (Wildman–Crippen MR) is 71.2 cm³/mol. The van der Waals surface area contributed by atoms with E-state index in [-0.39, 0.29) is 0 Å². The lowest BCUT2D eigenvalue weighted by Gasteiger charge is -2.11. The number of benzene rings is 1. The van der Waals surface area contributed by atoms with Crippen LogP contribution in [-0.2, 0) is 0 Å². The summed E-state index contributed by atoms with van der Waals surface area (Å²) < 4.78 is 0. The molecule has 0 amide bonds. The van der Waals surface area contributed by atoms with E-state index in [2.05, 4.69) is 11.4 Å². The van der Waals surface area contributed by atoms with Crippen LogP contribution in [0.25, 0.3) is 0 Å². The normalized spacial score (nSPS) is 15.8. The average Bonchev–Trinajstić information content (AvgIpc) is 2.82.